The third-order valence-electron chi connectivity index (χ3n) is 9.91. The number of fused-ring (bicyclic) bond motifs is 2. The van der Waals surface area contributed by atoms with E-state index in [-0.39, 0.29) is 49.2 Å². The highest BCUT2D eigenvalue weighted by Crippen LogP contribution is 2.60. The summed E-state index contributed by atoms with van der Waals surface area (Å²) in [5, 5.41) is 14.4. The SMILES string of the molecule is C=C[C@]1(C)C[C@@H](OC(=O)CSc2cccc(N)c2)[C@@]2(C)C(=O)[C@](CCC(=O)NCC(=O)OC(C)(C)C)(CCC2C)[C@@H](C)[C@@H]1O. The molecule has 44 heavy (non-hydrogen) atoms. The Labute approximate surface area is 266 Å². The Morgan fingerprint density at radius 3 is 2.50 bits per heavy atom. The number of hydrogen-bond acceptors (Lipinski definition) is 9. The van der Waals surface area contributed by atoms with Crippen molar-refractivity contribution in [1.29, 1.82) is 0 Å². The Kier molecular flexibility index (Phi) is 11.1. The van der Waals surface area contributed by atoms with Crippen LogP contribution < -0.4 is 11.1 Å². The molecular weight excluding hydrogens is 580 g/mol. The molecule has 1 unspecified atom stereocenters. The number of nitrogens with one attached hydrogen (secondary N) is 1. The maximum Gasteiger partial charge on any atom is 0.325 e. The van der Waals surface area contributed by atoms with Crippen molar-refractivity contribution >= 4 is 41.1 Å². The zero-order valence-electron chi connectivity index (χ0n) is 27.2. The highest BCUT2D eigenvalue weighted by atomic mass is 32.2. The van der Waals surface area contributed by atoms with Crippen molar-refractivity contribution in [3.8, 4) is 0 Å². The lowest BCUT2D eigenvalue weighted by Crippen LogP contribution is -2.64. The Hall–Kier alpha value is -2.85. The zero-order chi connectivity index (χ0) is 33.1. The summed E-state index contributed by atoms with van der Waals surface area (Å²) in [6.07, 6.45) is 1.45. The van der Waals surface area contributed by atoms with Crippen LogP contribution in [0.2, 0.25) is 0 Å². The number of carbonyl (C=O) groups is 4. The topological polar surface area (TPSA) is 145 Å². The van der Waals surface area contributed by atoms with Gasteiger partial charge in [0.2, 0.25) is 5.91 Å². The van der Waals surface area contributed by atoms with Crippen LogP contribution in [0.4, 0.5) is 5.69 Å². The molecule has 2 fully saturated rings. The first-order valence-electron chi connectivity index (χ1n) is 15.4. The molecule has 244 valence electrons. The van der Waals surface area contributed by atoms with Gasteiger partial charge in [-0.1, -0.05) is 32.9 Å². The summed E-state index contributed by atoms with van der Waals surface area (Å²) in [5.41, 5.74) is 2.84. The van der Waals surface area contributed by atoms with Gasteiger partial charge in [0, 0.05) is 27.8 Å². The number of ketones is 1. The van der Waals surface area contributed by atoms with Crippen molar-refractivity contribution in [2.24, 2.45) is 28.1 Å². The molecule has 1 aromatic carbocycles. The second-order valence-electron chi connectivity index (χ2n) is 14.1. The van der Waals surface area contributed by atoms with Gasteiger partial charge in [-0.15, -0.1) is 18.3 Å². The molecular formula is C34H50N2O7S. The van der Waals surface area contributed by atoms with Crippen LogP contribution in [0.5, 0.6) is 0 Å². The molecule has 1 amide bonds. The molecule has 4 N–H and O–H groups in total. The van der Waals surface area contributed by atoms with E-state index in [0.717, 1.165) is 4.90 Å². The van der Waals surface area contributed by atoms with Crippen molar-refractivity contribution in [2.45, 2.75) is 103 Å². The van der Waals surface area contributed by atoms with Crippen LogP contribution in [0.25, 0.3) is 0 Å². The minimum atomic E-state index is -1.05. The first-order chi connectivity index (χ1) is 20.4. The molecule has 7 atom stereocenters. The molecule has 2 bridgehead atoms. The summed E-state index contributed by atoms with van der Waals surface area (Å²) in [7, 11) is 0. The molecule has 2 aliphatic carbocycles. The number of carbonyl (C=O) groups excluding carboxylic acids is 4. The van der Waals surface area contributed by atoms with Gasteiger partial charge in [0.25, 0.3) is 0 Å². The van der Waals surface area contributed by atoms with E-state index in [2.05, 4.69) is 11.9 Å². The highest BCUT2D eigenvalue weighted by Gasteiger charge is 2.64. The summed E-state index contributed by atoms with van der Waals surface area (Å²) in [6, 6.07) is 7.24. The molecule has 2 saturated carbocycles. The Morgan fingerprint density at radius 1 is 1.20 bits per heavy atom. The van der Waals surface area contributed by atoms with E-state index in [9.17, 15) is 24.3 Å². The lowest BCUT2D eigenvalue weighted by atomic mass is 9.46. The number of hydrogen-bond donors (Lipinski definition) is 3. The van der Waals surface area contributed by atoms with E-state index in [1.807, 2.05) is 39.8 Å². The highest BCUT2D eigenvalue weighted by molar-refractivity contribution is 8.00. The van der Waals surface area contributed by atoms with Gasteiger partial charge >= 0.3 is 11.9 Å². The summed E-state index contributed by atoms with van der Waals surface area (Å²) in [6.45, 7) is 16.6. The van der Waals surface area contributed by atoms with Gasteiger partial charge in [0.15, 0.2) is 0 Å². The molecule has 0 aromatic heterocycles. The molecule has 0 heterocycles. The molecule has 3 rings (SSSR count). The van der Waals surface area contributed by atoms with Crippen LogP contribution >= 0.6 is 11.8 Å². The fourth-order valence-corrected chi connectivity index (χ4v) is 7.64. The summed E-state index contributed by atoms with van der Waals surface area (Å²) in [5.74, 6) is -2.06. The van der Waals surface area contributed by atoms with Crippen LogP contribution in [0, 0.1) is 28.1 Å². The molecule has 9 nitrogen and oxygen atoms in total. The van der Waals surface area contributed by atoms with Gasteiger partial charge in [-0.05, 0) is 83.4 Å². The maximum absolute atomic E-state index is 14.8. The molecule has 1 aromatic rings. The number of anilines is 1. The van der Waals surface area contributed by atoms with Gasteiger partial charge in [-0.25, -0.2) is 0 Å². The minimum Gasteiger partial charge on any atom is -0.461 e. The second-order valence-corrected chi connectivity index (χ2v) is 15.1. The van der Waals surface area contributed by atoms with Gasteiger partial charge in [0.1, 0.15) is 24.0 Å². The van der Waals surface area contributed by atoms with Crippen molar-refractivity contribution in [1.82, 2.24) is 5.32 Å². The van der Waals surface area contributed by atoms with Crippen LogP contribution in [0.1, 0.15) is 80.6 Å². The first kappa shape index (κ1) is 35.6. The van der Waals surface area contributed by atoms with Crippen LogP contribution in [-0.2, 0) is 28.7 Å². The quantitative estimate of drug-likeness (QED) is 0.139. The molecule has 0 radical (unpaired) electrons. The van der Waals surface area contributed by atoms with Gasteiger partial charge < -0.3 is 25.6 Å². The summed E-state index contributed by atoms with van der Waals surface area (Å²) in [4.78, 5) is 53.9. The molecule has 0 spiro atoms. The van der Waals surface area contributed by atoms with Crippen molar-refractivity contribution in [2.75, 3.05) is 18.0 Å². The average molecular weight is 631 g/mol. The van der Waals surface area contributed by atoms with E-state index < -0.39 is 51.9 Å². The van der Waals surface area contributed by atoms with Crippen LogP contribution in [-0.4, -0.2) is 58.8 Å². The minimum absolute atomic E-state index is 0.0117. The molecule has 0 aliphatic heterocycles. The standard InChI is InChI=1S/C34H50N2O7S/c1-9-32(7)18-25(42-28(39)20-44-24-12-10-11-23(35)17-24)33(8)21(2)13-15-34(30(33)41,22(3)29(32)40)16-14-26(37)36-19-27(38)43-31(4,5)6/h9-12,17,21-22,25,29,40H,1,13-16,18-20,35H2,2-8H3,(H,36,37)/t21?,22-,25+,29-,32+,33-,34-/m0/s1. The molecule has 0 saturated heterocycles. The lowest BCUT2D eigenvalue weighted by Gasteiger charge is -2.58. The number of aliphatic hydroxyl groups is 1. The zero-order valence-corrected chi connectivity index (χ0v) is 28.1. The predicted octanol–water partition coefficient (Wildman–Crippen LogP) is 5.10. The number of aliphatic hydroxyl groups excluding tert-OH is 1. The third kappa shape index (κ3) is 7.68. The smallest absolute Gasteiger partial charge is 0.325 e. The van der Waals surface area contributed by atoms with E-state index in [4.69, 9.17) is 15.2 Å². The number of rotatable bonds is 10. The number of esters is 2. The van der Waals surface area contributed by atoms with Gasteiger partial charge in [-0.3, -0.25) is 19.2 Å². The normalized spacial score (nSPS) is 32.1. The number of thioether (sulfide) groups is 1. The first-order valence-corrected chi connectivity index (χ1v) is 16.4. The maximum atomic E-state index is 14.8. The van der Waals surface area contributed by atoms with E-state index in [1.54, 1.807) is 39.0 Å². The van der Waals surface area contributed by atoms with Crippen LogP contribution in [0.15, 0.2) is 41.8 Å². The fraction of sp³-hybridized carbons (Fsp3) is 0.647. The van der Waals surface area contributed by atoms with Gasteiger partial charge in [-0.2, -0.15) is 0 Å². The van der Waals surface area contributed by atoms with Crippen LogP contribution in [0.3, 0.4) is 0 Å². The summed E-state index contributed by atoms with van der Waals surface area (Å²) >= 11 is 1.30. The number of nitrogen functional groups attached to an aromatic ring is 1. The van der Waals surface area contributed by atoms with Crippen molar-refractivity contribution in [3.05, 3.63) is 36.9 Å². The van der Waals surface area contributed by atoms with E-state index in [1.165, 1.54) is 11.8 Å². The number of nitrogens with two attached hydrogens (primary N) is 1. The lowest BCUT2D eigenvalue weighted by molar-refractivity contribution is -0.191. The fourth-order valence-electron chi connectivity index (χ4n) is 6.90. The Morgan fingerprint density at radius 2 is 1.89 bits per heavy atom. The van der Waals surface area contributed by atoms with Crippen molar-refractivity contribution < 1.29 is 33.8 Å². The van der Waals surface area contributed by atoms with Gasteiger partial charge in [0.05, 0.1) is 17.3 Å². The van der Waals surface area contributed by atoms with E-state index in [0.29, 0.717) is 18.5 Å². The molecule has 10 heteroatoms. The number of benzene rings is 1. The predicted molar refractivity (Wildman–Crippen MR) is 172 cm³/mol. The largest absolute Gasteiger partial charge is 0.461 e. The number of Topliss-reactive ketones (excluding diaryl/α,β-unsaturated/α-hetero) is 1. The summed E-state index contributed by atoms with van der Waals surface area (Å²) < 4.78 is 11.4. The number of ether oxygens (including phenoxy) is 2. The second kappa shape index (κ2) is 13.6. The Bertz CT molecular complexity index is 1260. The molecule has 2 aliphatic rings. The monoisotopic (exact) mass is 630 g/mol. The number of amides is 1. The average Bonchev–Trinajstić information content (AvgIpc) is 2.95. The third-order valence-corrected chi connectivity index (χ3v) is 10.9. The Balaban J connectivity index is 1.88. The van der Waals surface area contributed by atoms with Crippen molar-refractivity contribution in [3.63, 3.8) is 0 Å². The van der Waals surface area contributed by atoms with E-state index >= 15 is 0 Å².